The summed E-state index contributed by atoms with van der Waals surface area (Å²) in [7, 11) is 0. The van der Waals surface area contributed by atoms with Gasteiger partial charge in [0, 0.05) is 23.9 Å². The van der Waals surface area contributed by atoms with Gasteiger partial charge in [-0.3, -0.25) is 24.0 Å². The van der Waals surface area contributed by atoms with Crippen molar-refractivity contribution < 1.29 is 37.5 Å². The fourth-order valence-electron chi connectivity index (χ4n) is 3.83. The third kappa shape index (κ3) is 7.09. The molecule has 1 aliphatic rings. The fourth-order valence-corrected chi connectivity index (χ4v) is 3.83. The molecule has 2 heterocycles. The second kappa shape index (κ2) is 11.9. The number of halogens is 2. The van der Waals surface area contributed by atoms with E-state index in [0.717, 1.165) is 6.07 Å². The third-order valence-corrected chi connectivity index (χ3v) is 6.05. The molecular formula is C24H29F2N5O6. The largest absolute Gasteiger partial charge is 0.456 e. The first kappa shape index (κ1) is 27.7. The molecule has 1 aliphatic heterocycles. The van der Waals surface area contributed by atoms with Gasteiger partial charge in [0.15, 0.2) is 12.4 Å². The second-order valence-electron chi connectivity index (χ2n) is 9.19. The first-order valence-corrected chi connectivity index (χ1v) is 11.7. The van der Waals surface area contributed by atoms with Crippen LogP contribution in [-0.4, -0.2) is 66.2 Å². The number of H-pyrrole nitrogens is 1. The van der Waals surface area contributed by atoms with E-state index in [1.807, 2.05) is 0 Å². The van der Waals surface area contributed by atoms with Crippen LogP contribution < -0.4 is 21.7 Å². The van der Waals surface area contributed by atoms with E-state index in [0.29, 0.717) is 19.0 Å². The van der Waals surface area contributed by atoms with Crippen LogP contribution in [0.4, 0.5) is 8.78 Å². The summed E-state index contributed by atoms with van der Waals surface area (Å²) in [6.45, 7) is 2.66. The van der Waals surface area contributed by atoms with E-state index in [9.17, 15) is 32.8 Å². The van der Waals surface area contributed by atoms with Crippen LogP contribution in [0.2, 0.25) is 0 Å². The molecule has 11 nitrogen and oxygen atoms in total. The van der Waals surface area contributed by atoms with Crippen molar-refractivity contribution in [1.82, 2.24) is 20.9 Å². The molecule has 3 rings (SSSR count). The Balaban J connectivity index is 1.61. The quantitative estimate of drug-likeness (QED) is 0.264. The molecule has 6 N–H and O–H groups in total. The number of aromatic amines is 1. The molecule has 13 heteroatoms. The van der Waals surface area contributed by atoms with Gasteiger partial charge in [-0.15, -0.1) is 0 Å². The molecule has 2 aromatic rings. The summed E-state index contributed by atoms with van der Waals surface area (Å²) in [5.74, 6) is -5.61. The van der Waals surface area contributed by atoms with Crippen molar-refractivity contribution in [2.75, 3.05) is 19.7 Å². The van der Waals surface area contributed by atoms with Crippen molar-refractivity contribution in [1.29, 1.82) is 0 Å². The molecule has 1 aromatic carbocycles. The number of nitrogens with one attached hydrogen (secondary N) is 4. The summed E-state index contributed by atoms with van der Waals surface area (Å²) in [5.41, 5.74) is 5.55. The molecule has 0 saturated carbocycles. The van der Waals surface area contributed by atoms with Gasteiger partial charge in [0.05, 0.1) is 18.1 Å². The fraction of sp³-hybridized carbons (Fsp3) is 0.458. The number of hydrogen-bond donors (Lipinski definition) is 5. The number of esters is 1. The number of fused-ring (bicyclic) bond motifs is 1. The van der Waals surface area contributed by atoms with Gasteiger partial charge in [-0.05, 0) is 30.9 Å². The molecule has 3 atom stereocenters. The van der Waals surface area contributed by atoms with E-state index >= 15 is 0 Å². The molecule has 3 unspecified atom stereocenters. The first-order chi connectivity index (χ1) is 17.5. The number of ketones is 1. The van der Waals surface area contributed by atoms with Gasteiger partial charge < -0.3 is 31.4 Å². The van der Waals surface area contributed by atoms with Crippen LogP contribution in [0.25, 0.3) is 10.9 Å². The van der Waals surface area contributed by atoms with E-state index in [1.165, 1.54) is 6.07 Å². The zero-order valence-corrected chi connectivity index (χ0v) is 20.4. The average Bonchev–Trinajstić information content (AvgIpc) is 3.45. The van der Waals surface area contributed by atoms with Crippen LogP contribution in [0.3, 0.4) is 0 Å². The molecule has 1 fully saturated rings. The summed E-state index contributed by atoms with van der Waals surface area (Å²) in [6.07, 6.45) is 0.440. The lowest BCUT2D eigenvalue weighted by atomic mass is 9.96. The number of amides is 3. The Kier molecular flexibility index (Phi) is 8.92. The summed E-state index contributed by atoms with van der Waals surface area (Å²) < 4.78 is 32.3. The second-order valence-corrected chi connectivity index (χ2v) is 9.19. The van der Waals surface area contributed by atoms with Crippen LogP contribution in [0, 0.1) is 23.5 Å². The smallest absolute Gasteiger partial charge is 0.323 e. The third-order valence-electron chi connectivity index (χ3n) is 6.05. The summed E-state index contributed by atoms with van der Waals surface area (Å²) in [6, 6.07) is 0.867. The summed E-state index contributed by atoms with van der Waals surface area (Å²) >= 11 is 0. The average molecular weight is 522 g/mol. The molecule has 0 aliphatic carbocycles. The van der Waals surface area contributed by atoms with Gasteiger partial charge in [-0.25, -0.2) is 8.78 Å². The zero-order valence-electron chi connectivity index (χ0n) is 20.4. The van der Waals surface area contributed by atoms with Gasteiger partial charge in [-0.1, -0.05) is 13.8 Å². The number of rotatable bonds is 11. The van der Waals surface area contributed by atoms with Crippen LogP contribution in [-0.2, 0) is 23.9 Å². The molecule has 3 amide bonds. The number of benzene rings is 1. The minimum atomic E-state index is -1.16. The molecule has 200 valence electrons. The molecule has 0 bridgehead atoms. The lowest BCUT2D eigenvalue weighted by Gasteiger charge is -2.21. The van der Waals surface area contributed by atoms with Crippen molar-refractivity contribution in [3.8, 4) is 0 Å². The molecule has 0 spiro atoms. The maximum atomic E-state index is 13.9. The van der Waals surface area contributed by atoms with Crippen LogP contribution in [0.5, 0.6) is 0 Å². The topological polar surface area (TPSA) is 172 Å². The van der Waals surface area contributed by atoms with Crippen molar-refractivity contribution in [2.24, 2.45) is 17.6 Å². The van der Waals surface area contributed by atoms with Gasteiger partial charge in [0.1, 0.15) is 23.4 Å². The van der Waals surface area contributed by atoms with Crippen LogP contribution in [0.1, 0.15) is 37.2 Å². The van der Waals surface area contributed by atoms with Gasteiger partial charge >= 0.3 is 5.97 Å². The number of carbonyl (C=O) groups excluding carboxylic acids is 5. The van der Waals surface area contributed by atoms with Crippen molar-refractivity contribution in [3.63, 3.8) is 0 Å². The Hall–Kier alpha value is -3.87. The number of Topliss-reactive ketones (excluding diaryl/α,β-unsaturated/α-hetero) is 1. The van der Waals surface area contributed by atoms with Gasteiger partial charge in [-0.2, -0.15) is 0 Å². The molecular weight excluding hydrogens is 492 g/mol. The highest BCUT2D eigenvalue weighted by Gasteiger charge is 2.32. The minimum absolute atomic E-state index is 0.0228. The highest BCUT2D eigenvalue weighted by atomic mass is 19.1. The minimum Gasteiger partial charge on any atom is -0.456 e. The summed E-state index contributed by atoms with van der Waals surface area (Å²) in [4.78, 5) is 64.2. The monoisotopic (exact) mass is 521 g/mol. The molecule has 0 radical (unpaired) electrons. The van der Waals surface area contributed by atoms with Crippen molar-refractivity contribution in [2.45, 2.75) is 38.8 Å². The standard InChI is InChI=1S/C24H29F2N5O6/c1-11(2)20(27)24(36)37-10-18(32)16(6-12-3-4-28-22(12)34)30-19(33)9-29-23(35)17-7-13-5-14(25)8-15(26)21(13)31-17/h5,7-8,11-12,16,20,31H,3-4,6,9-10,27H2,1-2H3,(H,28,34)(H,29,35)(H,30,33). The highest BCUT2D eigenvalue weighted by molar-refractivity contribution is 6.00. The number of hydrogen-bond acceptors (Lipinski definition) is 7. The predicted molar refractivity (Wildman–Crippen MR) is 127 cm³/mol. The van der Waals surface area contributed by atoms with Crippen molar-refractivity contribution >= 4 is 40.4 Å². The zero-order chi connectivity index (χ0) is 27.3. The van der Waals surface area contributed by atoms with E-state index in [-0.39, 0.29) is 34.8 Å². The molecule has 37 heavy (non-hydrogen) atoms. The maximum Gasteiger partial charge on any atom is 0.323 e. The maximum absolute atomic E-state index is 13.9. The van der Waals surface area contributed by atoms with Crippen LogP contribution >= 0.6 is 0 Å². The Morgan fingerprint density at radius 3 is 2.57 bits per heavy atom. The predicted octanol–water partition coefficient (Wildman–Crippen LogP) is 0.283. The highest BCUT2D eigenvalue weighted by Crippen LogP contribution is 2.20. The Morgan fingerprint density at radius 2 is 1.92 bits per heavy atom. The normalized spacial score (nSPS) is 16.8. The SMILES string of the molecule is CC(C)C(N)C(=O)OCC(=O)C(CC1CCNC1=O)NC(=O)CNC(=O)c1cc2cc(F)cc(F)c2[nH]1. The number of aromatic nitrogens is 1. The van der Waals surface area contributed by atoms with E-state index < -0.39 is 66.4 Å². The lowest BCUT2D eigenvalue weighted by molar-refractivity contribution is -0.151. The van der Waals surface area contributed by atoms with E-state index in [4.69, 9.17) is 10.5 Å². The van der Waals surface area contributed by atoms with E-state index in [2.05, 4.69) is 20.9 Å². The Bertz CT molecular complexity index is 1210. The van der Waals surface area contributed by atoms with Gasteiger partial charge in [0.2, 0.25) is 11.8 Å². The number of carbonyl (C=O) groups is 5. The molecule has 1 aromatic heterocycles. The van der Waals surface area contributed by atoms with Crippen molar-refractivity contribution in [3.05, 3.63) is 35.5 Å². The Morgan fingerprint density at radius 1 is 1.19 bits per heavy atom. The van der Waals surface area contributed by atoms with E-state index in [1.54, 1.807) is 13.8 Å². The Labute approximate surface area is 210 Å². The van der Waals surface area contributed by atoms with Gasteiger partial charge in [0.25, 0.3) is 5.91 Å². The number of nitrogens with two attached hydrogens (primary N) is 1. The lowest BCUT2D eigenvalue weighted by Crippen LogP contribution is -2.48. The molecule has 1 saturated heterocycles. The summed E-state index contributed by atoms with van der Waals surface area (Å²) in [5, 5.41) is 7.58. The van der Waals surface area contributed by atoms with Crippen LogP contribution in [0.15, 0.2) is 18.2 Å². The first-order valence-electron chi connectivity index (χ1n) is 11.7. The number of ether oxygens (including phenoxy) is 1.